The lowest BCUT2D eigenvalue weighted by atomic mass is 10.1. The van der Waals surface area contributed by atoms with Crippen molar-refractivity contribution in [2.75, 3.05) is 0 Å². The zero-order valence-electron chi connectivity index (χ0n) is 6.82. The number of halogens is 1. The third-order valence-corrected chi connectivity index (χ3v) is 1.42. The molecule has 0 radical (unpaired) electrons. The minimum Gasteiger partial charge on any atom is -0.160 e. The van der Waals surface area contributed by atoms with E-state index in [0.29, 0.717) is 0 Å². The lowest BCUT2D eigenvalue weighted by molar-refractivity contribution is 1.70. The Balaban J connectivity index is 4.27. The number of hydrogen-bond acceptors (Lipinski definition) is 0. The number of hydrogen-bond donors (Lipinski definition) is 0. The van der Waals surface area contributed by atoms with E-state index in [1.54, 1.807) is 7.85 Å². The van der Waals surface area contributed by atoms with Crippen LogP contribution in [0.25, 0.3) is 0 Å². The summed E-state index contributed by atoms with van der Waals surface area (Å²) in [6.07, 6.45) is 5.78. The summed E-state index contributed by atoms with van der Waals surface area (Å²) in [6, 6.07) is 0. The monoisotopic (exact) mass is 208 g/mol. The summed E-state index contributed by atoms with van der Waals surface area (Å²) in [4.78, 5) is 0. The van der Waals surface area contributed by atoms with Crippen molar-refractivity contribution in [3.05, 3.63) is 34.9 Å². The highest BCUT2D eigenvalue weighted by Gasteiger charge is 1.83. The number of rotatable bonds is 2. The van der Waals surface area contributed by atoms with Gasteiger partial charge in [0.15, 0.2) is 7.85 Å². The van der Waals surface area contributed by atoms with Crippen LogP contribution in [0.2, 0.25) is 0 Å². The van der Waals surface area contributed by atoms with E-state index >= 15 is 0 Å². The Kier molecular flexibility index (Phi) is 5.69. The third-order valence-electron chi connectivity index (χ3n) is 0.924. The molecule has 0 aliphatic carbocycles. The molecular weight excluding hydrogens is 199 g/mol. The molecule has 0 bridgehead atoms. The Morgan fingerprint density at radius 2 is 2.27 bits per heavy atom. The van der Waals surface area contributed by atoms with E-state index in [1.807, 2.05) is 25.2 Å². The van der Waals surface area contributed by atoms with Crippen LogP contribution in [0, 0.1) is 11.7 Å². The minimum absolute atomic E-state index is 0.817. The summed E-state index contributed by atoms with van der Waals surface area (Å²) in [7, 11) is 1.79. The number of allylic oxidation sites excluding steroid dienone is 5. The summed E-state index contributed by atoms with van der Waals surface area (Å²) in [5, 5.41) is 0. The lowest BCUT2D eigenvalue weighted by Crippen LogP contribution is -1.69. The molecule has 0 aliphatic heterocycles. The van der Waals surface area contributed by atoms with Crippen molar-refractivity contribution in [2.24, 2.45) is 0 Å². The van der Waals surface area contributed by atoms with E-state index in [2.05, 4.69) is 34.2 Å². The molecule has 56 valence electrons. The lowest BCUT2D eigenvalue weighted by Gasteiger charge is -1.87. The van der Waals surface area contributed by atoms with Crippen LogP contribution >= 0.6 is 15.9 Å². The highest BCUT2D eigenvalue weighted by atomic mass is 79.9. The van der Waals surface area contributed by atoms with Gasteiger partial charge in [-0.05, 0) is 13.0 Å². The van der Waals surface area contributed by atoms with Crippen LogP contribution in [-0.2, 0) is 0 Å². The van der Waals surface area contributed by atoms with Gasteiger partial charge in [0.05, 0.1) is 0 Å². The van der Waals surface area contributed by atoms with Crippen LogP contribution in [0.1, 0.15) is 6.92 Å². The Labute approximate surface area is 77.6 Å². The van der Waals surface area contributed by atoms with Crippen molar-refractivity contribution in [3.63, 3.8) is 0 Å². The van der Waals surface area contributed by atoms with Gasteiger partial charge in [-0.2, -0.15) is 5.82 Å². The highest BCUT2D eigenvalue weighted by molar-refractivity contribution is 9.11. The largest absolute Gasteiger partial charge is 0.196 e. The van der Waals surface area contributed by atoms with Crippen LogP contribution in [0.5, 0.6) is 0 Å². The second kappa shape index (κ2) is 6.06. The third kappa shape index (κ3) is 5.75. The maximum atomic E-state index is 3.75. The molecule has 0 N–H and O–H groups in total. The van der Waals surface area contributed by atoms with Crippen molar-refractivity contribution in [1.82, 2.24) is 0 Å². The smallest absolute Gasteiger partial charge is 0.160 e. The van der Waals surface area contributed by atoms with Crippen LogP contribution in [0.3, 0.4) is 0 Å². The van der Waals surface area contributed by atoms with Gasteiger partial charge in [-0.25, -0.2) is 0 Å². The van der Waals surface area contributed by atoms with E-state index in [-0.39, 0.29) is 0 Å². The van der Waals surface area contributed by atoms with Gasteiger partial charge in [-0.15, -0.1) is 0 Å². The average Bonchev–Trinajstić information content (AvgIpc) is 1.87. The van der Waals surface area contributed by atoms with Gasteiger partial charge in [-0.1, -0.05) is 40.6 Å². The minimum atomic E-state index is 0.817. The molecule has 0 aromatic heterocycles. The molecule has 0 amide bonds. The van der Waals surface area contributed by atoms with Crippen LogP contribution in [0.15, 0.2) is 34.9 Å². The van der Waals surface area contributed by atoms with E-state index in [0.717, 1.165) is 10.1 Å². The van der Waals surface area contributed by atoms with E-state index in [4.69, 9.17) is 0 Å². The molecule has 0 fully saturated rings. The molecule has 0 spiro atoms. The maximum absolute atomic E-state index is 3.75. The molecule has 0 saturated carbocycles. The van der Waals surface area contributed by atoms with Crippen molar-refractivity contribution in [2.45, 2.75) is 6.92 Å². The summed E-state index contributed by atoms with van der Waals surface area (Å²) < 4.78 is 0.993. The zero-order chi connectivity index (χ0) is 8.69. The molecule has 0 rings (SSSR count). The second-order valence-electron chi connectivity index (χ2n) is 1.93. The van der Waals surface area contributed by atoms with Crippen molar-refractivity contribution in [1.29, 1.82) is 0 Å². The molecule has 0 saturated heterocycles. The van der Waals surface area contributed by atoms with Gasteiger partial charge in [0.1, 0.15) is 0 Å². The van der Waals surface area contributed by atoms with E-state index < -0.39 is 0 Å². The zero-order valence-corrected chi connectivity index (χ0v) is 8.40. The van der Waals surface area contributed by atoms with Gasteiger partial charge in [0.25, 0.3) is 0 Å². The maximum Gasteiger partial charge on any atom is 0.196 e. The van der Waals surface area contributed by atoms with E-state index in [9.17, 15) is 0 Å². The van der Waals surface area contributed by atoms with Crippen LogP contribution in [-0.4, -0.2) is 7.85 Å². The van der Waals surface area contributed by atoms with Gasteiger partial charge in [0.2, 0.25) is 0 Å². The molecule has 0 heterocycles. The normalized spacial score (nSPS) is 10.9. The highest BCUT2D eigenvalue weighted by Crippen LogP contribution is 2.09. The molecular formula is C9H10BBr. The molecule has 11 heavy (non-hydrogen) atoms. The van der Waals surface area contributed by atoms with Crippen molar-refractivity contribution in [3.8, 4) is 11.7 Å². The van der Waals surface area contributed by atoms with Gasteiger partial charge < -0.3 is 0 Å². The molecule has 0 atom stereocenters. The van der Waals surface area contributed by atoms with Gasteiger partial charge in [0, 0.05) is 10.1 Å². The topological polar surface area (TPSA) is 0 Å². The van der Waals surface area contributed by atoms with Gasteiger partial charge >= 0.3 is 0 Å². The van der Waals surface area contributed by atoms with Gasteiger partial charge in [-0.3, -0.25) is 0 Å². The first-order chi connectivity index (χ1) is 5.20. The summed E-state index contributed by atoms with van der Waals surface area (Å²) in [5.41, 5.74) is 0.817. The fourth-order valence-electron chi connectivity index (χ4n) is 0.570. The molecule has 0 aliphatic rings. The Bertz CT molecular complexity index is 250. The first-order valence-electron chi connectivity index (χ1n) is 3.32. The van der Waals surface area contributed by atoms with Crippen molar-refractivity contribution >= 4 is 23.8 Å². The molecule has 0 aromatic carbocycles. The summed E-state index contributed by atoms with van der Waals surface area (Å²) >= 11 is 3.35. The first-order valence-corrected chi connectivity index (χ1v) is 4.11. The predicted octanol–water partition coefficient (Wildman–Crippen LogP) is 1.99. The SMILES string of the molecule is BC#CC(=C)/C=C(Br)\C=C/C. The standard InChI is InChI=1S/C9H10BBr/c1-3-4-9(11)7-8(2)5-6-10/h3-4,7H,2,10H2,1H3/b4-3-,9-7+. The van der Waals surface area contributed by atoms with Crippen LogP contribution < -0.4 is 0 Å². The molecule has 0 aromatic rings. The fraction of sp³-hybridized carbons (Fsp3) is 0.111. The fourth-order valence-corrected chi connectivity index (χ4v) is 1.11. The summed E-state index contributed by atoms with van der Waals surface area (Å²) in [5.74, 6) is 5.63. The quantitative estimate of drug-likeness (QED) is 0.370. The average molecular weight is 209 g/mol. The second-order valence-corrected chi connectivity index (χ2v) is 2.85. The Morgan fingerprint density at radius 1 is 1.64 bits per heavy atom. The summed E-state index contributed by atoms with van der Waals surface area (Å²) in [6.45, 7) is 5.71. The molecule has 0 unspecified atom stereocenters. The first kappa shape index (κ1) is 10.3. The van der Waals surface area contributed by atoms with Crippen molar-refractivity contribution < 1.29 is 0 Å². The van der Waals surface area contributed by atoms with Crippen LogP contribution in [0.4, 0.5) is 0 Å². The Morgan fingerprint density at radius 3 is 2.73 bits per heavy atom. The Hall–Kier alpha value is -0.675. The predicted molar refractivity (Wildman–Crippen MR) is 57.3 cm³/mol. The molecule has 0 nitrogen and oxygen atoms in total. The molecule has 2 heteroatoms. The van der Waals surface area contributed by atoms with E-state index in [1.165, 1.54) is 0 Å².